The minimum absolute atomic E-state index is 0.00226. The number of nitrogens with zero attached hydrogens (tertiary/aromatic N) is 2. The summed E-state index contributed by atoms with van der Waals surface area (Å²) in [5, 5.41) is 2.89. The van der Waals surface area contributed by atoms with E-state index in [0.717, 1.165) is 17.9 Å². The zero-order valence-corrected chi connectivity index (χ0v) is 16.1. The smallest absolute Gasteiger partial charge is 0.324 e. The predicted octanol–water partition coefficient (Wildman–Crippen LogP) is 2.26. The van der Waals surface area contributed by atoms with Gasteiger partial charge in [-0.3, -0.25) is 9.69 Å². The molecule has 0 aliphatic carbocycles. The fraction of sp³-hybridized carbons (Fsp3) is 0.600. The number of fused-ring (bicyclic) bond motifs is 1. The Morgan fingerprint density at radius 1 is 1.26 bits per heavy atom. The number of carbonyl (C=O) groups is 2. The lowest BCUT2D eigenvalue weighted by Gasteiger charge is -2.39. The van der Waals surface area contributed by atoms with E-state index in [-0.39, 0.29) is 24.0 Å². The number of methoxy groups -OCH3 is 1. The minimum atomic E-state index is -0.0359. The van der Waals surface area contributed by atoms with Crippen LogP contribution in [-0.2, 0) is 9.53 Å². The molecule has 1 N–H and O–H groups in total. The van der Waals surface area contributed by atoms with Gasteiger partial charge in [-0.1, -0.05) is 19.1 Å². The van der Waals surface area contributed by atoms with Gasteiger partial charge in [0.15, 0.2) is 0 Å². The highest BCUT2D eigenvalue weighted by atomic mass is 16.5. The van der Waals surface area contributed by atoms with Crippen molar-refractivity contribution in [2.45, 2.75) is 32.3 Å². The molecule has 0 aromatic heterocycles. The number of anilines is 1. The molecule has 0 radical (unpaired) electrons. The number of urea groups is 1. The Morgan fingerprint density at radius 2 is 2.00 bits per heavy atom. The first-order chi connectivity index (χ1) is 13.1. The molecule has 1 atom stereocenters. The second-order valence-corrected chi connectivity index (χ2v) is 7.05. The molecule has 2 aliphatic rings. The minimum Gasteiger partial charge on any atom is -0.486 e. The lowest BCUT2D eigenvalue weighted by Crippen LogP contribution is -2.52. The molecule has 1 saturated heterocycles. The van der Waals surface area contributed by atoms with E-state index in [2.05, 4.69) is 12.2 Å². The molecule has 7 heteroatoms. The van der Waals surface area contributed by atoms with E-state index >= 15 is 0 Å². The van der Waals surface area contributed by atoms with Crippen molar-refractivity contribution in [1.82, 2.24) is 10.2 Å². The monoisotopic (exact) mass is 375 g/mol. The van der Waals surface area contributed by atoms with E-state index in [1.165, 1.54) is 0 Å². The molecule has 1 aromatic rings. The number of amides is 3. The molecule has 27 heavy (non-hydrogen) atoms. The quantitative estimate of drug-likeness (QED) is 0.802. The number of benzene rings is 1. The first kappa shape index (κ1) is 19.5. The molecule has 2 heterocycles. The van der Waals surface area contributed by atoms with Crippen molar-refractivity contribution in [3.8, 4) is 5.75 Å². The Balaban J connectivity index is 1.60. The van der Waals surface area contributed by atoms with E-state index in [1.54, 1.807) is 7.11 Å². The Bertz CT molecular complexity index is 658. The van der Waals surface area contributed by atoms with Crippen molar-refractivity contribution >= 4 is 17.6 Å². The fourth-order valence-corrected chi connectivity index (χ4v) is 3.62. The van der Waals surface area contributed by atoms with E-state index < -0.39 is 0 Å². The third-order valence-corrected chi connectivity index (χ3v) is 5.26. The highest BCUT2D eigenvalue weighted by molar-refractivity contribution is 5.94. The molecule has 0 bridgehead atoms. The Kier molecular flexibility index (Phi) is 6.55. The van der Waals surface area contributed by atoms with Gasteiger partial charge in [0.05, 0.1) is 18.8 Å². The van der Waals surface area contributed by atoms with E-state index in [0.29, 0.717) is 45.6 Å². The van der Waals surface area contributed by atoms with Crippen LogP contribution in [-0.4, -0.2) is 62.8 Å². The number of nitrogens with one attached hydrogen (secondary N) is 1. The Hall–Kier alpha value is -2.28. The number of carbonyl (C=O) groups excluding carboxylic acids is 2. The molecule has 7 nitrogen and oxygen atoms in total. The molecule has 2 aliphatic heterocycles. The van der Waals surface area contributed by atoms with Crippen LogP contribution in [0, 0.1) is 5.92 Å². The zero-order chi connectivity index (χ0) is 19.2. The highest BCUT2D eigenvalue weighted by Crippen LogP contribution is 2.34. The number of para-hydroxylation sites is 2. The molecular weight excluding hydrogens is 346 g/mol. The maximum atomic E-state index is 13.1. The van der Waals surface area contributed by atoms with Crippen LogP contribution < -0.4 is 15.0 Å². The van der Waals surface area contributed by atoms with Gasteiger partial charge in [-0.25, -0.2) is 4.79 Å². The van der Waals surface area contributed by atoms with Crippen molar-refractivity contribution < 1.29 is 19.1 Å². The average Bonchev–Trinajstić information content (AvgIpc) is 2.72. The summed E-state index contributed by atoms with van der Waals surface area (Å²) in [7, 11) is 1.61. The number of hydrogen-bond acceptors (Lipinski definition) is 4. The Morgan fingerprint density at radius 3 is 2.70 bits per heavy atom. The summed E-state index contributed by atoms with van der Waals surface area (Å²) in [6.07, 6.45) is 2.23. The van der Waals surface area contributed by atoms with Gasteiger partial charge >= 0.3 is 6.03 Å². The SMILES string of the molecule is CC[C@@H]1CN(C(=O)N2CCC(C(=O)NCCOC)CC2)c2ccccc2O1. The second kappa shape index (κ2) is 9.08. The van der Waals surface area contributed by atoms with Gasteiger partial charge in [-0.15, -0.1) is 0 Å². The van der Waals surface area contributed by atoms with Crippen molar-refractivity contribution in [3.63, 3.8) is 0 Å². The maximum absolute atomic E-state index is 13.1. The number of piperidine rings is 1. The summed E-state index contributed by atoms with van der Waals surface area (Å²) < 4.78 is 10.9. The van der Waals surface area contributed by atoms with Crippen LogP contribution in [0.4, 0.5) is 10.5 Å². The van der Waals surface area contributed by atoms with Gasteiger partial charge in [0.1, 0.15) is 11.9 Å². The number of likely N-dealkylation sites (tertiary alicyclic amines) is 1. The third-order valence-electron chi connectivity index (χ3n) is 5.26. The predicted molar refractivity (Wildman–Crippen MR) is 103 cm³/mol. The van der Waals surface area contributed by atoms with Crippen LogP contribution in [0.15, 0.2) is 24.3 Å². The zero-order valence-electron chi connectivity index (χ0n) is 16.1. The van der Waals surface area contributed by atoms with Gasteiger partial charge < -0.3 is 19.7 Å². The van der Waals surface area contributed by atoms with E-state index in [1.807, 2.05) is 34.1 Å². The lowest BCUT2D eigenvalue weighted by molar-refractivity contribution is -0.126. The summed E-state index contributed by atoms with van der Waals surface area (Å²) >= 11 is 0. The average molecular weight is 375 g/mol. The fourth-order valence-electron chi connectivity index (χ4n) is 3.62. The van der Waals surface area contributed by atoms with Crippen LogP contribution in [0.2, 0.25) is 0 Å². The van der Waals surface area contributed by atoms with Gasteiger partial charge in [-0.2, -0.15) is 0 Å². The van der Waals surface area contributed by atoms with Gasteiger partial charge in [0.25, 0.3) is 0 Å². The van der Waals surface area contributed by atoms with Crippen LogP contribution in [0.3, 0.4) is 0 Å². The maximum Gasteiger partial charge on any atom is 0.324 e. The van der Waals surface area contributed by atoms with Crippen LogP contribution in [0.25, 0.3) is 0 Å². The van der Waals surface area contributed by atoms with E-state index in [9.17, 15) is 9.59 Å². The summed E-state index contributed by atoms with van der Waals surface area (Å²) in [5.41, 5.74) is 0.826. The summed E-state index contributed by atoms with van der Waals surface area (Å²) in [4.78, 5) is 29.0. The molecule has 1 aromatic carbocycles. The molecule has 0 spiro atoms. The second-order valence-electron chi connectivity index (χ2n) is 7.05. The summed E-state index contributed by atoms with van der Waals surface area (Å²) in [6.45, 7) is 4.85. The molecular formula is C20H29N3O4. The summed E-state index contributed by atoms with van der Waals surface area (Å²) in [6, 6.07) is 7.68. The van der Waals surface area contributed by atoms with Gasteiger partial charge in [-0.05, 0) is 31.4 Å². The third kappa shape index (κ3) is 4.53. The first-order valence-corrected chi connectivity index (χ1v) is 9.72. The van der Waals surface area contributed by atoms with Crippen LogP contribution >= 0.6 is 0 Å². The molecule has 3 rings (SSSR count). The molecule has 148 valence electrons. The molecule has 0 saturated carbocycles. The number of ether oxygens (including phenoxy) is 2. The van der Waals surface area contributed by atoms with Gasteiger partial charge in [0.2, 0.25) is 5.91 Å². The van der Waals surface area contributed by atoms with Crippen molar-refractivity contribution in [3.05, 3.63) is 24.3 Å². The highest BCUT2D eigenvalue weighted by Gasteiger charge is 2.34. The number of rotatable bonds is 5. The first-order valence-electron chi connectivity index (χ1n) is 9.72. The molecule has 0 unspecified atom stereocenters. The Labute approximate surface area is 160 Å². The number of hydrogen-bond donors (Lipinski definition) is 1. The topological polar surface area (TPSA) is 71.1 Å². The van der Waals surface area contributed by atoms with Crippen molar-refractivity contribution in [2.75, 3.05) is 44.8 Å². The molecule has 1 fully saturated rings. The normalized spacial score (nSPS) is 20.0. The van der Waals surface area contributed by atoms with Gasteiger partial charge in [0, 0.05) is 32.7 Å². The van der Waals surface area contributed by atoms with Crippen molar-refractivity contribution in [1.29, 1.82) is 0 Å². The van der Waals surface area contributed by atoms with Crippen molar-refractivity contribution in [2.24, 2.45) is 5.92 Å². The van der Waals surface area contributed by atoms with E-state index in [4.69, 9.17) is 9.47 Å². The van der Waals surface area contributed by atoms with Crippen LogP contribution in [0.1, 0.15) is 26.2 Å². The standard InChI is InChI=1S/C20H29N3O4/c1-3-16-14-23(17-6-4-5-7-18(17)27-16)20(25)22-11-8-15(9-12-22)19(24)21-10-13-26-2/h4-7,15-16H,3,8-14H2,1-2H3,(H,21,24)/t16-/m1/s1. The summed E-state index contributed by atoms with van der Waals surface area (Å²) in [5.74, 6) is 0.782. The lowest BCUT2D eigenvalue weighted by atomic mass is 9.96. The van der Waals surface area contributed by atoms with Crippen LogP contribution in [0.5, 0.6) is 5.75 Å². The largest absolute Gasteiger partial charge is 0.486 e. The molecule has 3 amide bonds.